The Morgan fingerprint density at radius 1 is 0.567 bits per heavy atom. The molecule has 2 unspecified atom stereocenters. The molecule has 10 aromatic rings. The van der Waals surface area contributed by atoms with E-state index in [-0.39, 0.29) is 5.78 Å². The number of hydrogen-bond acceptors (Lipinski definition) is 6. The second kappa shape index (κ2) is 13.4. The highest BCUT2D eigenvalue weighted by Crippen LogP contribution is 2.64. The van der Waals surface area contributed by atoms with E-state index >= 15 is 0 Å². The van der Waals surface area contributed by atoms with E-state index in [2.05, 4.69) is 115 Å². The van der Waals surface area contributed by atoms with Gasteiger partial charge in [-0.15, -0.1) is 0 Å². The molecule has 11 nitrogen and oxygen atoms in total. The molecule has 7 N–H and O–H groups in total. The highest BCUT2D eigenvalue weighted by Gasteiger charge is 2.43. The van der Waals surface area contributed by atoms with Gasteiger partial charge >= 0.3 is 0 Å². The third-order valence-electron chi connectivity index (χ3n) is 11.6. The van der Waals surface area contributed by atoms with Crippen LogP contribution in [0.2, 0.25) is 0 Å². The van der Waals surface area contributed by atoms with Gasteiger partial charge in [0.25, 0.3) is 0 Å². The summed E-state index contributed by atoms with van der Waals surface area (Å²) in [6.07, 6.45) is 18.1. The van der Waals surface area contributed by atoms with E-state index in [1.54, 1.807) is 6.08 Å². The maximum atomic E-state index is 5.77. The van der Waals surface area contributed by atoms with E-state index in [1.165, 1.54) is 10.9 Å². The van der Waals surface area contributed by atoms with E-state index in [0.717, 1.165) is 101 Å². The Morgan fingerprint density at radius 2 is 1.07 bits per heavy atom. The van der Waals surface area contributed by atoms with Crippen molar-refractivity contribution in [2.24, 2.45) is 0 Å². The highest BCUT2D eigenvalue weighted by molar-refractivity contribution is 7.78. The highest BCUT2D eigenvalue weighted by atomic mass is 31.1. The number of nitrogens with one attached hydrogen (secondary N) is 7. The minimum Gasteiger partial charge on any atom is -0.388 e. The molecule has 0 amide bonds. The smallest absolute Gasteiger partial charge is 0.119 e. The largest absolute Gasteiger partial charge is 0.388 e. The average Bonchev–Trinajstić information content (AvgIpc) is 4.14. The molecule has 3 aromatic carbocycles. The second-order valence-corrected chi connectivity index (χ2v) is 17.0. The first-order chi connectivity index (χ1) is 29.7. The summed E-state index contributed by atoms with van der Waals surface area (Å²) in [6.45, 7) is 4.01. The Bertz CT molecular complexity index is 3390. The van der Waals surface area contributed by atoms with Gasteiger partial charge in [0, 0.05) is 111 Å². The predicted octanol–water partition coefficient (Wildman–Crippen LogP) is 10.3. The molecule has 0 saturated heterocycles. The summed E-state index contributed by atoms with van der Waals surface area (Å²) >= 11 is 0. The zero-order valence-corrected chi connectivity index (χ0v) is 33.2. The molecule has 0 spiro atoms. The van der Waals surface area contributed by atoms with Crippen molar-refractivity contribution in [3.05, 3.63) is 164 Å². The number of allylic oxidation sites excluding steroid dienone is 4. The summed E-state index contributed by atoms with van der Waals surface area (Å²) in [5.74, 6) is -0.0906. The molecule has 12 rings (SSSR count). The number of nitrogens with zero attached hydrogens (tertiary/aromatic N) is 4. The molecule has 12 heteroatoms. The van der Waals surface area contributed by atoms with Crippen molar-refractivity contribution >= 4 is 79.6 Å². The Hall–Kier alpha value is -7.75. The first kappa shape index (κ1) is 34.3. The number of anilines is 1. The molecule has 7 aromatic heterocycles. The lowest BCUT2D eigenvalue weighted by atomic mass is 10.0. The number of H-pyrrole nitrogens is 5. The number of fused-ring (bicyclic) bond motifs is 10. The number of aromatic amines is 5. The van der Waals surface area contributed by atoms with Gasteiger partial charge in [-0.2, -0.15) is 0 Å². The van der Waals surface area contributed by atoms with E-state index in [4.69, 9.17) is 19.9 Å². The molecule has 2 aliphatic heterocycles. The first-order valence-corrected chi connectivity index (χ1v) is 21.2. The molecule has 60 heavy (non-hydrogen) atoms. The molecule has 0 bridgehead atoms. The lowest BCUT2D eigenvalue weighted by Gasteiger charge is -2.28. The van der Waals surface area contributed by atoms with Crippen LogP contribution >= 0.6 is 7.92 Å². The van der Waals surface area contributed by atoms with Gasteiger partial charge in [-0.3, -0.25) is 0 Å². The average molecular weight is 798 g/mol. The van der Waals surface area contributed by atoms with Crippen LogP contribution in [0.1, 0.15) is 17.0 Å². The third kappa shape index (κ3) is 5.06. The Balaban J connectivity index is 1.27. The summed E-state index contributed by atoms with van der Waals surface area (Å²) in [4.78, 5) is 40.1. The fourth-order valence-electron chi connectivity index (χ4n) is 8.93. The summed E-state index contributed by atoms with van der Waals surface area (Å²) in [5, 5.41) is 9.77. The van der Waals surface area contributed by atoms with Crippen molar-refractivity contribution in [2.75, 3.05) is 12.4 Å². The lowest BCUT2D eigenvalue weighted by molar-refractivity contribution is 1.13. The van der Waals surface area contributed by atoms with E-state index in [9.17, 15) is 0 Å². The fourth-order valence-corrected chi connectivity index (χ4v) is 11.9. The quantitative estimate of drug-likeness (QED) is 0.0352. The molecule has 2 atom stereocenters. The van der Waals surface area contributed by atoms with Gasteiger partial charge in [-0.1, -0.05) is 24.8 Å². The minimum absolute atomic E-state index is 0.0906. The van der Waals surface area contributed by atoms with Crippen LogP contribution in [-0.2, 0) is 0 Å². The number of rotatable bonds is 8. The SMILES string of the molecule is C=C/C=C(\NC)c1ccc(-c2ccc[nH]2)c2nc3c(nc12)c1c(c2nc4c(-c5ccc[nH]5)ccc(-c5ccc[nH]5)c4nc23)P2C(c3ccc[nH]3)=CC=C(c3ccc[nH]3)C2N1. The maximum Gasteiger partial charge on any atom is 0.119 e. The van der Waals surface area contributed by atoms with Crippen molar-refractivity contribution in [1.29, 1.82) is 0 Å². The topological polar surface area (TPSA) is 155 Å². The monoisotopic (exact) mass is 797 g/mol. The molecular formula is C48H36N11P. The van der Waals surface area contributed by atoms with Crippen LogP contribution < -0.4 is 15.9 Å². The van der Waals surface area contributed by atoms with Crippen molar-refractivity contribution in [3.63, 3.8) is 0 Å². The van der Waals surface area contributed by atoms with E-state index < -0.39 is 7.92 Å². The van der Waals surface area contributed by atoms with Crippen LogP contribution in [0.25, 0.3) is 94.5 Å². The minimum atomic E-state index is -1.12. The van der Waals surface area contributed by atoms with Gasteiger partial charge in [0.05, 0.1) is 33.5 Å². The summed E-state index contributed by atoms with van der Waals surface area (Å²) < 4.78 is 0. The van der Waals surface area contributed by atoms with Crippen LogP contribution in [0.5, 0.6) is 0 Å². The Kier molecular flexibility index (Phi) is 7.66. The number of aromatic nitrogens is 9. The normalized spacial score (nSPS) is 16.2. The van der Waals surface area contributed by atoms with Gasteiger partial charge in [-0.05, 0) is 98.9 Å². The predicted molar refractivity (Wildman–Crippen MR) is 246 cm³/mol. The number of benzene rings is 3. The Labute approximate surface area is 344 Å². The molecular weight excluding hydrogens is 762 g/mol. The molecule has 0 radical (unpaired) electrons. The van der Waals surface area contributed by atoms with Gasteiger partial charge in [-0.25, -0.2) is 19.9 Å². The van der Waals surface area contributed by atoms with E-state index in [0.29, 0.717) is 11.0 Å². The lowest BCUT2D eigenvalue weighted by Crippen LogP contribution is -2.18. The molecule has 0 fully saturated rings. The first-order valence-electron chi connectivity index (χ1n) is 19.8. The van der Waals surface area contributed by atoms with Crippen LogP contribution in [0.15, 0.2) is 147 Å². The second-order valence-electron chi connectivity index (χ2n) is 14.9. The standard InChI is InChI=1S/C48H36N11P/c1-3-9-31(49-2)26-15-16-27(32-10-4-21-50-32)39-38(26)56-44-42(55-39)43-45(58-41-29(34-12-6-23-52-34)18-17-28(40(41)57-43)33-11-5-22-51-33)47-46(44)59-48-30(35-13-7-24-53-35)19-20-37(60(47)48)36-14-8-25-54-36/h3-25,48-54,59H,1H2,2H3/b31-9-. The van der Waals surface area contributed by atoms with Crippen LogP contribution in [-0.4, -0.2) is 57.7 Å². The number of hydrogen-bond donors (Lipinski definition) is 7. The van der Waals surface area contributed by atoms with E-state index in [1.807, 2.05) is 68.4 Å². The van der Waals surface area contributed by atoms with Gasteiger partial charge in [0.1, 0.15) is 22.1 Å². The summed E-state index contributed by atoms with van der Waals surface area (Å²) in [6, 6.07) is 29.1. The van der Waals surface area contributed by atoms with Crippen molar-refractivity contribution in [3.8, 4) is 33.8 Å². The van der Waals surface area contributed by atoms with Crippen LogP contribution in [0.3, 0.4) is 0 Å². The summed E-state index contributed by atoms with van der Waals surface area (Å²) in [5.41, 5.74) is 17.8. The van der Waals surface area contributed by atoms with Gasteiger partial charge < -0.3 is 35.6 Å². The molecule has 0 saturated carbocycles. The van der Waals surface area contributed by atoms with Crippen molar-refractivity contribution < 1.29 is 0 Å². The third-order valence-corrected chi connectivity index (χ3v) is 14.4. The maximum absolute atomic E-state index is 5.77. The van der Waals surface area contributed by atoms with Crippen molar-refractivity contribution in [2.45, 2.75) is 5.78 Å². The molecule has 288 valence electrons. The van der Waals surface area contributed by atoms with Gasteiger partial charge in [0.2, 0.25) is 0 Å². The van der Waals surface area contributed by atoms with Gasteiger partial charge in [0.15, 0.2) is 0 Å². The van der Waals surface area contributed by atoms with Crippen LogP contribution in [0, 0.1) is 0 Å². The van der Waals surface area contributed by atoms with Crippen molar-refractivity contribution in [1.82, 2.24) is 50.2 Å². The zero-order valence-electron chi connectivity index (χ0n) is 32.3. The van der Waals surface area contributed by atoms with Crippen LogP contribution in [0.4, 0.5) is 5.69 Å². The molecule has 9 heterocycles. The zero-order chi connectivity index (χ0) is 39.9. The fraction of sp³-hybridized carbons (Fsp3) is 0.0417. The molecule has 0 aliphatic carbocycles. The summed E-state index contributed by atoms with van der Waals surface area (Å²) in [7, 11) is 0.794. The molecule has 2 aliphatic rings. The Morgan fingerprint density at radius 3 is 1.62 bits per heavy atom.